The summed E-state index contributed by atoms with van der Waals surface area (Å²) in [5.74, 6) is 0. The molecule has 0 saturated heterocycles. The Kier molecular flexibility index (Phi) is 5.87. The zero-order valence-corrected chi connectivity index (χ0v) is 9.77. The normalized spacial score (nSPS) is 19.0. The quantitative estimate of drug-likeness (QED) is 0.302. The average molecular weight is 260 g/mol. The Labute approximate surface area is 86.3 Å². The number of allylic oxidation sites excluding steroid dienone is 1. The molecule has 0 rings (SSSR count). The Balaban J connectivity index is 4.04. The Hall–Kier alpha value is -0.0400. The predicted molar refractivity (Wildman–Crippen MR) is 45.0 cm³/mol. The summed E-state index contributed by atoms with van der Waals surface area (Å²) in [6.45, 7) is 3.09. The lowest BCUT2D eigenvalue weighted by atomic mass is 10.3. The highest BCUT2D eigenvalue weighted by molar-refractivity contribution is 7.47. The second-order valence-electron chi connectivity index (χ2n) is 2.64. The molecule has 0 aliphatic heterocycles. The third-order valence-corrected chi connectivity index (χ3v) is 2.05. The highest BCUT2D eigenvalue weighted by Crippen LogP contribution is 2.44. The fraction of sp³-hybridized carbons (Fsp3) is 0.600. The molecular weight excluding hydrogens is 250 g/mol. The summed E-state index contributed by atoms with van der Waals surface area (Å²) >= 11 is 0. The molecule has 0 aliphatic rings. The molecule has 10 heteroatoms. The van der Waals surface area contributed by atoms with Crippen molar-refractivity contribution in [3.05, 3.63) is 11.6 Å². The van der Waals surface area contributed by atoms with Crippen LogP contribution in [0.15, 0.2) is 11.6 Å². The van der Waals surface area contributed by atoms with Crippen LogP contribution in [0.25, 0.3) is 0 Å². The van der Waals surface area contributed by atoms with Gasteiger partial charge in [0.2, 0.25) is 0 Å². The number of hydrogen-bond donors (Lipinski definition) is 1. The van der Waals surface area contributed by atoms with E-state index in [1.807, 2.05) is 0 Å². The van der Waals surface area contributed by atoms with Crippen LogP contribution in [0.5, 0.6) is 0 Å². The molecule has 15 heavy (non-hydrogen) atoms. The van der Waals surface area contributed by atoms with Gasteiger partial charge in [0.05, 0.1) is 6.61 Å². The third-order valence-electron chi connectivity index (χ3n) is 0.943. The molecular formula is C5H10O8P2-2. The molecule has 0 aromatic rings. The molecule has 0 saturated carbocycles. The van der Waals surface area contributed by atoms with Gasteiger partial charge in [0, 0.05) is 0 Å². The van der Waals surface area contributed by atoms with Crippen molar-refractivity contribution in [2.24, 2.45) is 0 Å². The van der Waals surface area contributed by atoms with Gasteiger partial charge in [0.1, 0.15) is 0 Å². The van der Waals surface area contributed by atoms with Gasteiger partial charge in [-0.25, -0.2) is 0 Å². The first-order valence-electron chi connectivity index (χ1n) is 3.63. The van der Waals surface area contributed by atoms with E-state index in [1.54, 1.807) is 13.8 Å². The van der Waals surface area contributed by atoms with E-state index in [1.165, 1.54) is 6.08 Å². The Morgan fingerprint density at radius 3 is 2.27 bits per heavy atom. The van der Waals surface area contributed by atoms with Crippen molar-refractivity contribution in [2.45, 2.75) is 13.8 Å². The second kappa shape index (κ2) is 5.89. The number of rotatable bonds is 6. The first-order valence-corrected chi connectivity index (χ1v) is 6.59. The Bertz CT molecular complexity index is 313. The van der Waals surface area contributed by atoms with Crippen LogP contribution in [0.1, 0.15) is 13.8 Å². The zero-order chi connectivity index (χ0) is 12.1. The Morgan fingerprint density at radius 1 is 1.33 bits per heavy atom. The maximum atomic E-state index is 10.7. The van der Waals surface area contributed by atoms with E-state index in [9.17, 15) is 18.9 Å². The van der Waals surface area contributed by atoms with Crippen molar-refractivity contribution < 1.29 is 37.7 Å². The van der Waals surface area contributed by atoms with E-state index in [-0.39, 0.29) is 6.61 Å². The summed E-state index contributed by atoms with van der Waals surface area (Å²) in [5, 5.41) is 0. The summed E-state index contributed by atoms with van der Waals surface area (Å²) in [7, 11) is -10.1. The molecule has 8 nitrogen and oxygen atoms in total. The zero-order valence-electron chi connectivity index (χ0n) is 7.98. The largest absolute Gasteiger partial charge is 0.755 e. The predicted octanol–water partition coefficient (Wildman–Crippen LogP) is -0.154. The number of hydrogen-bond acceptors (Lipinski definition) is 7. The van der Waals surface area contributed by atoms with Crippen molar-refractivity contribution in [2.75, 3.05) is 6.61 Å². The van der Waals surface area contributed by atoms with E-state index in [0.717, 1.165) is 5.57 Å². The molecule has 0 aromatic carbocycles. The highest BCUT2D eigenvalue weighted by Gasteiger charge is 2.14. The molecule has 0 fully saturated rings. The van der Waals surface area contributed by atoms with Crippen molar-refractivity contribution in [1.29, 1.82) is 0 Å². The summed E-state index contributed by atoms with van der Waals surface area (Å²) in [6.07, 6.45) is 1.42. The van der Waals surface area contributed by atoms with Gasteiger partial charge < -0.3 is 19.2 Å². The van der Waals surface area contributed by atoms with Crippen LogP contribution in [-0.2, 0) is 23.0 Å². The van der Waals surface area contributed by atoms with Gasteiger partial charge in [-0.2, -0.15) is 9.35 Å². The molecule has 0 aliphatic carbocycles. The standard InChI is InChI=1S/C5H12O8P2/c1-5(2)3-4-11-15(9,10)13-12-14(6,7)8/h3H,4H2,1-2H3,(H,9,10)(H2,6,7,8)/p-2. The van der Waals surface area contributed by atoms with Crippen molar-refractivity contribution >= 4 is 15.6 Å². The summed E-state index contributed by atoms with van der Waals surface area (Å²) in [6, 6.07) is 0. The van der Waals surface area contributed by atoms with Crippen molar-refractivity contribution in [1.82, 2.24) is 0 Å². The molecule has 0 spiro atoms. The lowest BCUT2D eigenvalue weighted by molar-refractivity contribution is -0.307. The van der Waals surface area contributed by atoms with Gasteiger partial charge in [0.15, 0.2) is 0 Å². The molecule has 0 radical (unpaired) electrons. The smallest absolute Gasteiger partial charge is 0.298 e. The maximum Gasteiger partial charge on any atom is 0.298 e. The molecule has 2 atom stereocenters. The molecule has 2 unspecified atom stereocenters. The third kappa shape index (κ3) is 10.2. The van der Waals surface area contributed by atoms with Gasteiger partial charge >= 0.3 is 0 Å². The van der Waals surface area contributed by atoms with Crippen LogP contribution >= 0.6 is 15.6 Å². The molecule has 0 heterocycles. The van der Waals surface area contributed by atoms with E-state index >= 15 is 0 Å². The van der Waals surface area contributed by atoms with Crippen LogP contribution in [0.4, 0.5) is 0 Å². The van der Waals surface area contributed by atoms with Crippen LogP contribution in [0, 0.1) is 0 Å². The molecule has 1 N–H and O–H groups in total. The monoisotopic (exact) mass is 260 g/mol. The minimum Gasteiger partial charge on any atom is -0.755 e. The molecule has 0 bridgehead atoms. The maximum absolute atomic E-state index is 10.7. The lowest BCUT2D eigenvalue weighted by Crippen LogP contribution is -2.11. The topological polar surface area (TPSA) is 128 Å². The van der Waals surface area contributed by atoms with Gasteiger partial charge in [-0.1, -0.05) is 11.6 Å². The molecule has 0 aromatic heterocycles. The van der Waals surface area contributed by atoms with E-state index in [0.29, 0.717) is 0 Å². The summed E-state index contributed by atoms with van der Waals surface area (Å²) in [4.78, 5) is 28.7. The second-order valence-corrected chi connectivity index (χ2v) is 5.03. The molecule has 90 valence electrons. The first kappa shape index (κ1) is 15.0. The fourth-order valence-corrected chi connectivity index (χ4v) is 1.36. The SMILES string of the molecule is CC(C)=CCOP(=O)([O-])OOP(=O)([O-])O. The minimum atomic E-state index is -5.25. The van der Waals surface area contributed by atoms with Gasteiger partial charge in [0.25, 0.3) is 15.6 Å². The van der Waals surface area contributed by atoms with Crippen molar-refractivity contribution in [3.8, 4) is 0 Å². The average Bonchev–Trinajstić information content (AvgIpc) is 1.99. The summed E-state index contributed by atoms with van der Waals surface area (Å²) in [5.41, 5.74) is 0.799. The van der Waals surface area contributed by atoms with Gasteiger partial charge in [-0.15, -0.1) is 0 Å². The van der Waals surface area contributed by atoms with Crippen molar-refractivity contribution in [3.63, 3.8) is 0 Å². The highest BCUT2D eigenvalue weighted by atomic mass is 31.2. The van der Waals surface area contributed by atoms with Gasteiger partial charge in [-0.05, 0) is 13.8 Å². The van der Waals surface area contributed by atoms with E-state index < -0.39 is 15.6 Å². The fourth-order valence-electron chi connectivity index (χ4n) is 0.400. The lowest BCUT2D eigenvalue weighted by Gasteiger charge is -2.23. The van der Waals surface area contributed by atoms with E-state index in [2.05, 4.69) is 13.9 Å². The van der Waals surface area contributed by atoms with E-state index in [4.69, 9.17) is 4.89 Å². The van der Waals surface area contributed by atoms with Gasteiger partial charge in [-0.3, -0.25) is 9.13 Å². The number of phosphoric ester groups is 1. The minimum absolute atomic E-state index is 0.318. The van der Waals surface area contributed by atoms with Crippen LogP contribution in [0.2, 0.25) is 0 Å². The summed E-state index contributed by atoms with van der Waals surface area (Å²) < 4.78 is 31.4. The Morgan fingerprint density at radius 2 is 1.87 bits per heavy atom. The first-order chi connectivity index (χ1) is 6.62. The van der Waals surface area contributed by atoms with Crippen LogP contribution < -0.4 is 9.79 Å². The number of phosphoric acid groups is 2. The van der Waals surface area contributed by atoms with Crippen LogP contribution in [-0.4, -0.2) is 11.5 Å². The molecule has 0 amide bonds. The van der Waals surface area contributed by atoms with Crippen LogP contribution in [0.3, 0.4) is 0 Å².